The molecule has 13 heavy (non-hydrogen) atoms. The summed E-state index contributed by atoms with van der Waals surface area (Å²) in [4.78, 5) is 12.9. The van der Waals surface area contributed by atoms with E-state index in [-0.39, 0.29) is 11.3 Å². The third kappa shape index (κ3) is 0.804. The highest BCUT2D eigenvalue weighted by atomic mass is 32.1. The minimum atomic E-state index is -0.0983. The second kappa shape index (κ2) is 2.15. The number of nitrogens with one attached hydrogen (secondary N) is 1. The van der Waals surface area contributed by atoms with Crippen molar-refractivity contribution in [1.82, 2.24) is 5.32 Å². The highest BCUT2D eigenvalue weighted by Crippen LogP contribution is 2.58. The molecule has 0 spiro atoms. The number of fused-ring (bicyclic) bond motifs is 1. The fourth-order valence-electron chi connectivity index (χ4n) is 2.31. The van der Waals surface area contributed by atoms with E-state index in [9.17, 15) is 4.79 Å². The fourth-order valence-corrected chi connectivity index (χ4v) is 3.49. The number of aryl methyl sites for hydroxylation is 1. The normalized spacial score (nSPS) is 35.8. The second-order valence-electron chi connectivity index (χ2n) is 4.07. The summed E-state index contributed by atoms with van der Waals surface area (Å²) >= 11 is 1.73. The van der Waals surface area contributed by atoms with Crippen LogP contribution in [0, 0.1) is 12.8 Å². The summed E-state index contributed by atoms with van der Waals surface area (Å²) in [7, 11) is 0. The van der Waals surface area contributed by atoms with Crippen molar-refractivity contribution in [2.75, 3.05) is 6.54 Å². The molecule has 2 fully saturated rings. The number of carbonyl (C=O) groups is 1. The standard InChI is InChI=1S/C10H11NOS/c1-6-2-8(13-5-6)10-3-7(10)4-11-9(10)12/h2,5,7H,3-4H2,1H3,(H,11,12). The maximum absolute atomic E-state index is 11.6. The molecule has 3 rings (SSSR count). The van der Waals surface area contributed by atoms with Gasteiger partial charge < -0.3 is 5.32 Å². The average molecular weight is 193 g/mol. The summed E-state index contributed by atoms with van der Waals surface area (Å²) in [6.45, 7) is 2.97. The van der Waals surface area contributed by atoms with Crippen LogP contribution in [0.25, 0.3) is 0 Å². The van der Waals surface area contributed by atoms with Crippen molar-refractivity contribution in [2.45, 2.75) is 18.8 Å². The molecule has 3 heteroatoms. The van der Waals surface area contributed by atoms with Crippen LogP contribution in [0.2, 0.25) is 0 Å². The molecule has 68 valence electrons. The Morgan fingerprint density at radius 3 is 3.00 bits per heavy atom. The predicted octanol–water partition coefficient (Wildman–Crippen LogP) is 1.44. The van der Waals surface area contributed by atoms with Crippen molar-refractivity contribution in [3.05, 3.63) is 21.9 Å². The monoisotopic (exact) mass is 193 g/mol. The number of piperidine rings is 1. The largest absolute Gasteiger partial charge is 0.355 e. The highest BCUT2D eigenvalue weighted by molar-refractivity contribution is 7.10. The van der Waals surface area contributed by atoms with Crippen molar-refractivity contribution >= 4 is 17.2 Å². The van der Waals surface area contributed by atoms with Crippen LogP contribution in [-0.4, -0.2) is 12.5 Å². The zero-order chi connectivity index (χ0) is 9.05. The van der Waals surface area contributed by atoms with Crippen molar-refractivity contribution in [2.24, 2.45) is 5.92 Å². The van der Waals surface area contributed by atoms with Gasteiger partial charge in [0.05, 0.1) is 5.41 Å². The molecule has 1 aromatic heterocycles. The first-order valence-electron chi connectivity index (χ1n) is 4.57. The van der Waals surface area contributed by atoms with Gasteiger partial charge in [-0.15, -0.1) is 11.3 Å². The van der Waals surface area contributed by atoms with Crippen molar-refractivity contribution in [3.63, 3.8) is 0 Å². The van der Waals surface area contributed by atoms with Gasteiger partial charge in [0.1, 0.15) is 0 Å². The maximum atomic E-state index is 11.6. The molecule has 1 amide bonds. The van der Waals surface area contributed by atoms with E-state index in [0.29, 0.717) is 5.92 Å². The number of hydrogen-bond donors (Lipinski definition) is 1. The predicted molar refractivity (Wildman–Crippen MR) is 51.9 cm³/mol. The molecular weight excluding hydrogens is 182 g/mol. The highest BCUT2D eigenvalue weighted by Gasteiger charge is 2.65. The van der Waals surface area contributed by atoms with Crippen LogP contribution < -0.4 is 5.32 Å². The van der Waals surface area contributed by atoms with E-state index in [1.54, 1.807) is 11.3 Å². The van der Waals surface area contributed by atoms with Gasteiger partial charge in [-0.3, -0.25) is 4.79 Å². The van der Waals surface area contributed by atoms with Crippen molar-refractivity contribution < 1.29 is 4.79 Å². The Morgan fingerprint density at radius 2 is 2.54 bits per heavy atom. The minimum Gasteiger partial charge on any atom is -0.355 e. The van der Waals surface area contributed by atoms with Crippen LogP contribution >= 0.6 is 11.3 Å². The van der Waals surface area contributed by atoms with E-state index in [0.717, 1.165) is 13.0 Å². The van der Waals surface area contributed by atoms with Crippen LogP contribution in [-0.2, 0) is 10.2 Å². The molecule has 1 N–H and O–H groups in total. The average Bonchev–Trinajstić information content (AvgIpc) is 2.55. The van der Waals surface area contributed by atoms with Crippen LogP contribution in [0.15, 0.2) is 11.4 Å². The van der Waals surface area contributed by atoms with Gasteiger partial charge in [0.2, 0.25) is 5.91 Å². The van der Waals surface area contributed by atoms with Gasteiger partial charge in [-0.05, 0) is 36.3 Å². The van der Waals surface area contributed by atoms with E-state index in [1.807, 2.05) is 0 Å². The Kier molecular flexibility index (Phi) is 1.25. The Bertz CT molecular complexity index is 384. The molecule has 1 saturated heterocycles. The Labute approximate surface area is 81.0 Å². The Hall–Kier alpha value is -0.830. The lowest BCUT2D eigenvalue weighted by atomic mass is 10.0. The van der Waals surface area contributed by atoms with Gasteiger partial charge in [0.15, 0.2) is 0 Å². The maximum Gasteiger partial charge on any atom is 0.231 e. The molecule has 1 aromatic rings. The van der Waals surface area contributed by atoms with Gasteiger partial charge in [0.25, 0.3) is 0 Å². The first-order valence-corrected chi connectivity index (χ1v) is 5.45. The van der Waals surface area contributed by atoms with E-state index >= 15 is 0 Å². The van der Waals surface area contributed by atoms with Gasteiger partial charge in [0, 0.05) is 11.4 Å². The molecule has 0 aromatic carbocycles. The molecule has 2 aliphatic rings. The zero-order valence-electron chi connectivity index (χ0n) is 7.46. The summed E-state index contributed by atoms with van der Waals surface area (Å²) in [5.74, 6) is 0.831. The summed E-state index contributed by atoms with van der Waals surface area (Å²) < 4.78 is 0. The molecule has 0 radical (unpaired) electrons. The Morgan fingerprint density at radius 1 is 1.69 bits per heavy atom. The summed E-state index contributed by atoms with van der Waals surface area (Å²) in [6, 6.07) is 2.16. The molecule has 1 aliphatic heterocycles. The number of rotatable bonds is 1. The van der Waals surface area contributed by atoms with Gasteiger partial charge in [-0.1, -0.05) is 0 Å². The first-order chi connectivity index (χ1) is 6.23. The van der Waals surface area contributed by atoms with E-state index in [4.69, 9.17) is 0 Å². The Balaban J connectivity index is 2.06. The lowest BCUT2D eigenvalue weighted by Gasteiger charge is -2.06. The van der Waals surface area contributed by atoms with Crippen LogP contribution in [0.4, 0.5) is 0 Å². The molecule has 1 aliphatic carbocycles. The number of carbonyl (C=O) groups excluding carboxylic acids is 1. The van der Waals surface area contributed by atoms with Gasteiger partial charge in [-0.25, -0.2) is 0 Å². The summed E-state index contributed by atoms with van der Waals surface area (Å²) in [5.41, 5.74) is 1.18. The van der Waals surface area contributed by atoms with Crippen LogP contribution in [0.1, 0.15) is 16.9 Å². The molecule has 2 nitrogen and oxygen atoms in total. The third-order valence-electron chi connectivity index (χ3n) is 3.19. The fraction of sp³-hybridized carbons (Fsp3) is 0.500. The molecule has 0 bridgehead atoms. The molecular formula is C10H11NOS. The van der Waals surface area contributed by atoms with E-state index < -0.39 is 0 Å². The molecule has 2 heterocycles. The first kappa shape index (κ1) is 7.56. The van der Waals surface area contributed by atoms with Crippen molar-refractivity contribution in [1.29, 1.82) is 0 Å². The lowest BCUT2D eigenvalue weighted by molar-refractivity contribution is -0.121. The number of hydrogen-bond acceptors (Lipinski definition) is 2. The third-order valence-corrected chi connectivity index (χ3v) is 4.42. The lowest BCUT2D eigenvalue weighted by Crippen LogP contribution is -2.27. The van der Waals surface area contributed by atoms with Gasteiger partial charge >= 0.3 is 0 Å². The zero-order valence-corrected chi connectivity index (χ0v) is 8.28. The minimum absolute atomic E-state index is 0.0983. The summed E-state index contributed by atoms with van der Waals surface area (Å²) in [6.07, 6.45) is 1.07. The van der Waals surface area contributed by atoms with Crippen molar-refractivity contribution in [3.8, 4) is 0 Å². The molecule has 2 unspecified atom stereocenters. The summed E-state index contributed by atoms with van der Waals surface area (Å²) in [5, 5.41) is 5.07. The van der Waals surface area contributed by atoms with Crippen LogP contribution in [0.5, 0.6) is 0 Å². The molecule has 2 atom stereocenters. The smallest absolute Gasteiger partial charge is 0.231 e. The second-order valence-corrected chi connectivity index (χ2v) is 4.98. The van der Waals surface area contributed by atoms with Crippen LogP contribution in [0.3, 0.4) is 0 Å². The van der Waals surface area contributed by atoms with E-state index in [2.05, 4.69) is 23.7 Å². The quantitative estimate of drug-likeness (QED) is 0.718. The number of amides is 1. The topological polar surface area (TPSA) is 29.1 Å². The van der Waals surface area contributed by atoms with Gasteiger partial charge in [-0.2, -0.15) is 0 Å². The van der Waals surface area contributed by atoms with E-state index in [1.165, 1.54) is 10.4 Å². The SMILES string of the molecule is Cc1csc(C23CC2CNC3=O)c1. The number of thiophene rings is 1. The molecule has 1 saturated carbocycles.